The Morgan fingerprint density at radius 2 is 1.02 bits per heavy atom. The van der Waals surface area contributed by atoms with Crippen molar-refractivity contribution in [3.8, 4) is 67.3 Å². The first-order valence-corrected chi connectivity index (χ1v) is 18.1. The van der Waals surface area contributed by atoms with E-state index in [1.807, 2.05) is 24.3 Å². The molecule has 0 aliphatic heterocycles. The van der Waals surface area contributed by atoms with Crippen LogP contribution in [0.25, 0.3) is 67.3 Å². The molecule has 10 rings (SSSR count). The summed E-state index contributed by atoms with van der Waals surface area (Å²) in [5.74, 6) is 0.981. The topological polar surface area (TPSA) is 25.8 Å². The lowest BCUT2D eigenvalue weighted by Crippen LogP contribution is -2.15. The van der Waals surface area contributed by atoms with Gasteiger partial charge in [0, 0.05) is 28.0 Å². The van der Waals surface area contributed by atoms with Gasteiger partial charge in [-0.15, -0.1) is 0 Å². The third-order valence-electron chi connectivity index (χ3n) is 11.2. The summed E-state index contributed by atoms with van der Waals surface area (Å²) >= 11 is 0. The predicted octanol–water partition coefficient (Wildman–Crippen LogP) is 12.6. The lowest BCUT2D eigenvalue weighted by Gasteiger charge is -2.22. The van der Waals surface area contributed by atoms with E-state index in [0.29, 0.717) is 0 Å². The van der Waals surface area contributed by atoms with Gasteiger partial charge in [-0.25, -0.2) is 9.97 Å². The van der Waals surface area contributed by atoms with Gasteiger partial charge in [0.15, 0.2) is 5.82 Å². The van der Waals surface area contributed by atoms with Crippen LogP contribution in [0, 0.1) is 0 Å². The molecule has 2 aliphatic carbocycles. The molecule has 8 aromatic rings. The maximum atomic E-state index is 5.23. The normalized spacial score (nSPS) is 14.7. The van der Waals surface area contributed by atoms with E-state index in [4.69, 9.17) is 9.97 Å². The standard InChI is InChI=1S/C50H36N2/c1-50(2)43-24-14-23-41(46-31-45(32-15-6-3-7-16-32)51-49(52-46)34-19-10-5-11-20-34)48(43)40-28-26-36(30-44(40)50)35-25-27-39-42(29-35)37-21-12-13-22-38(37)47(39)33-17-8-4-9-18-33/h3-31,47H,1-2H3. The van der Waals surface area contributed by atoms with Crippen LogP contribution in [-0.2, 0) is 5.41 Å². The van der Waals surface area contributed by atoms with E-state index in [-0.39, 0.29) is 11.3 Å². The van der Waals surface area contributed by atoms with Crippen molar-refractivity contribution in [2.45, 2.75) is 25.2 Å². The van der Waals surface area contributed by atoms with Gasteiger partial charge in [0.05, 0.1) is 11.4 Å². The maximum absolute atomic E-state index is 5.23. The highest BCUT2D eigenvalue weighted by atomic mass is 14.9. The maximum Gasteiger partial charge on any atom is 0.160 e. The predicted molar refractivity (Wildman–Crippen MR) is 214 cm³/mol. The van der Waals surface area contributed by atoms with Crippen LogP contribution in [0.2, 0.25) is 0 Å². The summed E-state index contributed by atoms with van der Waals surface area (Å²) in [5.41, 5.74) is 19.3. The molecule has 2 aliphatic rings. The van der Waals surface area contributed by atoms with E-state index in [1.54, 1.807) is 0 Å². The molecule has 0 fully saturated rings. The van der Waals surface area contributed by atoms with Crippen molar-refractivity contribution in [2.75, 3.05) is 0 Å². The first kappa shape index (κ1) is 30.4. The number of fused-ring (bicyclic) bond motifs is 6. The molecule has 0 radical (unpaired) electrons. The smallest absolute Gasteiger partial charge is 0.160 e. The quantitative estimate of drug-likeness (QED) is 0.183. The highest BCUT2D eigenvalue weighted by Crippen LogP contribution is 2.54. The minimum Gasteiger partial charge on any atom is -0.228 e. The van der Waals surface area contributed by atoms with Crippen molar-refractivity contribution in [1.82, 2.24) is 9.97 Å². The minimum atomic E-state index is -0.185. The minimum absolute atomic E-state index is 0.185. The van der Waals surface area contributed by atoms with Gasteiger partial charge in [0.1, 0.15) is 0 Å². The van der Waals surface area contributed by atoms with E-state index in [1.165, 1.54) is 61.2 Å². The number of aromatic nitrogens is 2. The molecular formula is C50H36N2. The molecule has 0 saturated carbocycles. The SMILES string of the molecule is CC1(C)c2cc(-c3ccc4c(c3)-c3ccccc3C4c3ccccc3)ccc2-c2c(-c3cc(-c4ccccc4)nc(-c4ccccc4)n3)cccc21. The van der Waals surface area contributed by atoms with Crippen molar-refractivity contribution in [3.63, 3.8) is 0 Å². The number of benzene rings is 7. The first-order valence-electron chi connectivity index (χ1n) is 18.1. The van der Waals surface area contributed by atoms with Crippen LogP contribution < -0.4 is 0 Å². The third kappa shape index (κ3) is 4.79. The van der Waals surface area contributed by atoms with Crippen LogP contribution in [0.15, 0.2) is 176 Å². The van der Waals surface area contributed by atoms with Gasteiger partial charge in [0.2, 0.25) is 0 Å². The van der Waals surface area contributed by atoms with E-state index in [2.05, 4.69) is 166 Å². The number of nitrogens with zero attached hydrogens (tertiary/aromatic N) is 2. The summed E-state index contributed by atoms with van der Waals surface area (Å²) < 4.78 is 0. The van der Waals surface area contributed by atoms with Gasteiger partial charge in [0.25, 0.3) is 0 Å². The number of hydrogen-bond donors (Lipinski definition) is 0. The van der Waals surface area contributed by atoms with Gasteiger partial charge in [-0.3, -0.25) is 0 Å². The average Bonchev–Trinajstić information content (AvgIpc) is 3.66. The Balaban J connectivity index is 1.10. The zero-order valence-corrected chi connectivity index (χ0v) is 29.2. The molecule has 1 unspecified atom stereocenters. The highest BCUT2D eigenvalue weighted by Gasteiger charge is 2.38. The van der Waals surface area contributed by atoms with Gasteiger partial charge in [-0.05, 0) is 79.4 Å². The summed E-state index contributed by atoms with van der Waals surface area (Å²) in [6, 6.07) is 63.6. The molecule has 2 nitrogen and oxygen atoms in total. The zero-order valence-electron chi connectivity index (χ0n) is 29.2. The molecule has 1 aromatic heterocycles. The average molecular weight is 665 g/mol. The monoisotopic (exact) mass is 664 g/mol. The Hall–Kier alpha value is -6.38. The molecular weight excluding hydrogens is 629 g/mol. The lowest BCUT2D eigenvalue weighted by atomic mass is 9.81. The molecule has 0 amide bonds. The summed E-state index contributed by atoms with van der Waals surface area (Å²) in [5, 5.41) is 0. The largest absolute Gasteiger partial charge is 0.228 e. The summed E-state index contributed by atoms with van der Waals surface area (Å²) in [4.78, 5) is 10.3. The highest BCUT2D eigenvalue weighted by molar-refractivity contribution is 5.94. The Morgan fingerprint density at radius 1 is 0.404 bits per heavy atom. The molecule has 0 spiro atoms. The van der Waals surface area contributed by atoms with Crippen LogP contribution in [0.4, 0.5) is 0 Å². The van der Waals surface area contributed by atoms with Gasteiger partial charge < -0.3 is 0 Å². The number of rotatable bonds is 5. The van der Waals surface area contributed by atoms with E-state index in [9.17, 15) is 0 Å². The molecule has 0 N–H and O–H groups in total. The fourth-order valence-electron chi connectivity index (χ4n) is 8.63. The van der Waals surface area contributed by atoms with Crippen molar-refractivity contribution in [2.24, 2.45) is 0 Å². The van der Waals surface area contributed by atoms with Gasteiger partial charge >= 0.3 is 0 Å². The molecule has 52 heavy (non-hydrogen) atoms. The Labute approximate surface area is 305 Å². The zero-order chi connectivity index (χ0) is 34.8. The fraction of sp³-hybridized carbons (Fsp3) is 0.0800. The van der Waals surface area contributed by atoms with Crippen molar-refractivity contribution in [3.05, 3.63) is 204 Å². The molecule has 246 valence electrons. The van der Waals surface area contributed by atoms with Crippen molar-refractivity contribution < 1.29 is 0 Å². The van der Waals surface area contributed by atoms with Gasteiger partial charge in [-0.1, -0.05) is 172 Å². The Kier molecular flexibility index (Phi) is 6.94. The van der Waals surface area contributed by atoms with Gasteiger partial charge in [-0.2, -0.15) is 0 Å². The molecule has 1 atom stereocenters. The second-order valence-corrected chi connectivity index (χ2v) is 14.5. The van der Waals surface area contributed by atoms with E-state index >= 15 is 0 Å². The van der Waals surface area contributed by atoms with Crippen molar-refractivity contribution >= 4 is 0 Å². The first-order chi connectivity index (χ1) is 25.5. The van der Waals surface area contributed by atoms with E-state index < -0.39 is 0 Å². The molecule has 0 bridgehead atoms. The molecule has 0 saturated heterocycles. The van der Waals surface area contributed by atoms with Crippen LogP contribution in [0.3, 0.4) is 0 Å². The number of hydrogen-bond acceptors (Lipinski definition) is 2. The molecule has 1 heterocycles. The second-order valence-electron chi connectivity index (χ2n) is 14.5. The second kappa shape index (κ2) is 11.9. The Morgan fingerprint density at radius 3 is 1.81 bits per heavy atom. The van der Waals surface area contributed by atoms with Crippen LogP contribution >= 0.6 is 0 Å². The summed E-state index contributed by atoms with van der Waals surface area (Å²) in [7, 11) is 0. The fourth-order valence-corrected chi connectivity index (χ4v) is 8.63. The van der Waals surface area contributed by atoms with Crippen LogP contribution in [-0.4, -0.2) is 9.97 Å². The third-order valence-corrected chi connectivity index (χ3v) is 11.2. The van der Waals surface area contributed by atoms with E-state index in [0.717, 1.165) is 33.9 Å². The molecule has 7 aromatic carbocycles. The summed E-state index contributed by atoms with van der Waals surface area (Å²) in [6.45, 7) is 4.72. The molecule has 2 heteroatoms. The lowest BCUT2D eigenvalue weighted by molar-refractivity contribution is 0.660. The van der Waals surface area contributed by atoms with Crippen LogP contribution in [0.1, 0.15) is 47.6 Å². The Bertz CT molecular complexity index is 2580. The summed E-state index contributed by atoms with van der Waals surface area (Å²) in [6.07, 6.45) is 0. The van der Waals surface area contributed by atoms with Crippen molar-refractivity contribution in [1.29, 1.82) is 0 Å². The van der Waals surface area contributed by atoms with Crippen LogP contribution in [0.5, 0.6) is 0 Å².